The van der Waals surface area contributed by atoms with Gasteiger partial charge in [-0.2, -0.15) is 30.6 Å². The van der Waals surface area contributed by atoms with Gasteiger partial charge in [0.1, 0.15) is 23.8 Å². The fraction of sp³-hybridized carbons (Fsp3) is 0.333. The van der Waals surface area contributed by atoms with E-state index in [0.717, 1.165) is 24.3 Å². The third-order valence-electron chi connectivity index (χ3n) is 3.73. The maximum atomic E-state index is 13.9. The lowest BCUT2D eigenvalue weighted by molar-refractivity contribution is -0.154. The second-order valence-corrected chi connectivity index (χ2v) is 6.85. The fourth-order valence-electron chi connectivity index (χ4n) is 2.50. The van der Waals surface area contributed by atoms with Gasteiger partial charge in [-0.3, -0.25) is 8.37 Å². The van der Waals surface area contributed by atoms with E-state index in [9.17, 15) is 39.3 Å². The fourth-order valence-corrected chi connectivity index (χ4v) is 3.26. The van der Waals surface area contributed by atoms with Gasteiger partial charge < -0.3 is 0 Å². The number of hydrogen-bond donors (Lipinski definition) is 0. The van der Waals surface area contributed by atoms with Crippen molar-refractivity contribution in [3.8, 4) is 0 Å². The molecule has 0 fully saturated rings. The predicted molar refractivity (Wildman–Crippen MR) is 89.9 cm³/mol. The van der Waals surface area contributed by atoms with Crippen LogP contribution in [0.2, 0.25) is 0 Å². The van der Waals surface area contributed by atoms with Crippen molar-refractivity contribution in [1.29, 1.82) is 0 Å². The van der Waals surface area contributed by atoms with Gasteiger partial charge in [-0.1, -0.05) is 36.4 Å². The van der Waals surface area contributed by atoms with Crippen molar-refractivity contribution in [1.82, 2.24) is 0 Å². The Hall–Kier alpha value is -2.05. The highest BCUT2D eigenvalue weighted by atomic mass is 32.2. The molecule has 0 amide bonds. The summed E-state index contributed by atoms with van der Waals surface area (Å²) in [6.07, 6.45) is -17.7. The van der Waals surface area contributed by atoms with Gasteiger partial charge >= 0.3 is 23.7 Å². The minimum absolute atomic E-state index is 0.620. The lowest BCUT2D eigenvalue weighted by Gasteiger charge is -2.22. The maximum absolute atomic E-state index is 13.9. The van der Waals surface area contributed by atoms with Crippen LogP contribution in [0.3, 0.4) is 0 Å². The second-order valence-electron chi connectivity index (χ2n) is 6.06. The van der Waals surface area contributed by atoms with E-state index in [2.05, 4.69) is 8.37 Å². The molecule has 0 aliphatic heterocycles. The third-order valence-corrected chi connectivity index (χ3v) is 4.51. The van der Waals surface area contributed by atoms with Gasteiger partial charge in [0.05, 0.1) is 12.8 Å². The molecule has 166 valence electrons. The van der Waals surface area contributed by atoms with E-state index in [-0.39, 0.29) is 0 Å². The van der Waals surface area contributed by atoms with Gasteiger partial charge in [0.2, 0.25) is 0 Å². The van der Waals surface area contributed by atoms with E-state index in [1.165, 1.54) is 24.3 Å². The van der Waals surface area contributed by atoms with E-state index in [1.54, 1.807) is 0 Å². The molecule has 0 radical (unpaired) electrons. The van der Waals surface area contributed by atoms with Gasteiger partial charge in [-0.25, -0.2) is 8.78 Å². The minimum Gasteiger partial charge on any atom is -0.260 e. The molecule has 12 heteroatoms. The van der Waals surface area contributed by atoms with Gasteiger partial charge in [-0.05, 0) is 12.1 Å². The Balaban J connectivity index is 2.26. The van der Waals surface area contributed by atoms with Crippen LogP contribution in [0, 0.1) is 11.6 Å². The largest absolute Gasteiger partial charge is 0.391 e. The molecule has 0 aromatic heterocycles. The van der Waals surface area contributed by atoms with Crippen molar-refractivity contribution in [2.45, 2.75) is 37.4 Å². The van der Waals surface area contributed by atoms with E-state index >= 15 is 0 Å². The Bertz CT molecular complexity index is 799. The first-order valence-corrected chi connectivity index (χ1v) is 9.24. The first kappa shape index (κ1) is 24.2. The van der Waals surface area contributed by atoms with Crippen LogP contribution in [0.25, 0.3) is 0 Å². The van der Waals surface area contributed by atoms with Crippen molar-refractivity contribution in [2.24, 2.45) is 0 Å². The molecule has 0 saturated heterocycles. The van der Waals surface area contributed by atoms with E-state index in [4.69, 9.17) is 0 Å². The molecule has 0 heterocycles. The summed E-state index contributed by atoms with van der Waals surface area (Å²) in [6, 6.07) is 8.31. The summed E-state index contributed by atoms with van der Waals surface area (Å²) in [7, 11) is 0. The number of alkyl halides is 6. The average molecular weight is 462 g/mol. The summed E-state index contributed by atoms with van der Waals surface area (Å²) in [6.45, 7) is 0. The zero-order chi connectivity index (χ0) is 22.5. The lowest BCUT2D eigenvalue weighted by Crippen LogP contribution is -2.22. The summed E-state index contributed by atoms with van der Waals surface area (Å²) >= 11 is -3.20. The van der Waals surface area contributed by atoms with E-state index < -0.39 is 71.5 Å². The number of rotatable bonds is 8. The highest BCUT2D eigenvalue weighted by molar-refractivity contribution is 7.75. The average Bonchev–Trinajstić information content (AvgIpc) is 2.59. The van der Waals surface area contributed by atoms with Crippen LogP contribution in [-0.2, 0) is 19.7 Å². The maximum Gasteiger partial charge on any atom is 0.391 e. The second kappa shape index (κ2) is 9.84. The number of benzene rings is 2. The summed E-state index contributed by atoms with van der Waals surface area (Å²) < 4.78 is 126. The Morgan fingerprint density at radius 2 is 1.03 bits per heavy atom. The third kappa shape index (κ3) is 7.65. The highest BCUT2D eigenvalue weighted by Gasteiger charge is 2.38. The van der Waals surface area contributed by atoms with E-state index in [1.807, 2.05) is 0 Å². The summed E-state index contributed by atoms with van der Waals surface area (Å²) in [5, 5.41) is 0. The molecule has 2 unspecified atom stereocenters. The van der Waals surface area contributed by atoms with Crippen molar-refractivity contribution < 1.29 is 47.7 Å². The van der Waals surface area contributed by atoms with Gasteiger partial charge in [-0.15, -0.1) is 0 Å². The minimum atomic E-state index is -4.88. The van der Waals surface area contributed by atoms with Crippen LogP contribution in [0.1, 0.15) is 36.2 Å². The van der Waals surface area contributed by atoms with Gasteiger partial charge in [0, 0.05) is 11.1 Å². The normalized spacial score (nSPS) is 15.6. The van der Waals surface area contributed by atoms with E-state index in [0.29, 0.717) is 0 Å². The van der Waals surface area contributed by atoms with Crippen molar-refractivity contribution in [3.63, 3.8) is 0 Å². The molecule has 2 atom stereocenters. The lowest BCUT2D eigenvalue weighted by atomic mass is 10.1. The standard InChI is InChI=1S/C18H14F8O3S/c19-13-7-3-1-5-11(13)15(9-17(21,22)23)28-30(27)29-16(10-18(24,25)26)12-6-2-4-8-14(12)20/h1-8,15-16H,9-10H2. The molecule has 0 saturated carbocycles. The van der Waals surface area contributed by atoms with Crippen LogP contribution in [0.15, 0.2) is 48.5 Å². The quantitative estimate of drug-likeness (QED) is 0.434. The molecule has 0 aliphatic rings. The monoisotopic (exact) mass is 462 g/mol. The number of halogens is 8. The van der Waals surface area contributed by atoms with Crippen molar-refractivity contribution in [2.75, 3.05) is 0 Å². The molecular weight excluding hydrogens is 448 g/mol. The number of hydrogen-bond acceptors (Lipinski definition) is 3. The molecule has 2 rings (SSSR count). The first-order chi connectivity index (χ1) is 13.9. The zero-order valence-electron chi connectivity index (χ0n) is 14.8. The molecule has 0 bridgehead atoms. The molecule has 0 N–H and O–H groups in total. The molecule has 2 aromatic carbocycles. The topological polar surface area (TPSA) is 35.5 Å². The van der Waals surface area contributed by atoms with Crippen LogP contribution in [0.4, 0.5) is 35.1 Å². The summed E-state index contributed by atoms with van der Waals surface area (Å²) in [5.74, 6) is -2.21. The molecule has 3 nitrogen and oxygen atoms in total. The first-order valence-electron chi connectivity index (χ1n) is 8.24. The highest BCUT2D eigenvalue weighted by Crippen LogP contribution is 2.37. The van der Waals surface area contributed by atoms with Crippen LogP contribution in [-0.4, -0.2) is 16.6 Å². The SMILES string of the molecule is O=S(OC(CC(F)(F)F)c1ccccc1F)OC(CC(F)(F)F)c1ccccc1F. The summed E-state index contributed by atoms with van der Waals surface area (Å²) in [5.41, 5.74) is -1.24. The van der Waals surface area contributed by atoms with Crippen LogP contribution in [0.5, 0.6) is 0 Å². The Morgan fingerprint density at radius 3 is 1.33 bits per heavy atom. The molecule has 30 heavy (non-hydrogen) atoms. The Labute approximate surface area is 168 Å². The molecule has 0 aliphatic carbocycles. The van der Waals surface area contributed by atoms with Crippen LogP contribution >= 0.6 is 0 Å². The summed E-state index contributed by atoms with van der Waals surface area (Å²) in [4.78, 5) is 0. The Kier molecular flexibility index (Phi) is 7.94. The Morgan fingerprint density at radius 1 is 0.700 bits per heavy atom. The zero-order valence-corrected chi connectivity index (χ0v) is 15.7. The van der Waals surface area contributed by atoms with Crippen molar-refractivity contribution >= 4 is 11.4 Å². The van der Waals surface area contributed by atoms with Crippen LogP contribution < -0.4 is 0 Å². The predicted octanol–water partition coefficient (Wildman–Crippen LogP) is 6.26. The molecular formula is C18H14F8O3S. The van der Waals surface area contributed by atoms with Crippen molar-refractivity contribution in [3.05, 3.63) is 71.3 Å². The van der Waals surface area contributed by atoms with Gasteiger partial charge in [0.25, 0.3) is 0 Å². The molecule has 2 aromatic rings. The smallest absolute Gasteiger partial charge is 0.260 e. The van der Waals surface area contributed by atoms with Gasteiger partial charge in [0.15, 0.2) is 0 Å². The molecule has 0 spiro atoms.